The molecule has 0 nitrogen and oxygen atoms in total. The van der Waals surface area contributed by atoms with Crippen molar-refractivity contribution in [3.8, 4) is 0 Å². The second kappa shape index (κ2) is 6.03. The van der Waals surface area contributed by atoms with Gasteiger partial charge in [-0.2, -0.15) is 0 Å². The average Bonchev–Trinajstić information content (AvgIpc) is 2.34. The Kier molecular flexibility index (Phi) is 4.40. The van der Waals surface area contributed by atoms with Crippen LogP contribution in [0.5, 0.6) is 0 Å². The summed E-state index contributed by atoms with van der Waals surface area (Å²) in [5.74, 6) is -0.334. The van der Waals surface area contributed by atoms with Crippen molar-refractivity contribution in [1.29, 1.82) is 0 Å². The summed E-state index contributed by atoms with van der Waals surface area (Å²) < 4.78 is 12.8. The van der Waals surface area contributed by atoms with Gasteiger partial charge < -0.3 is 0 Å². The summed E-state index contributed by atoms with van der Waals surface area (Å²) in [6.45, 7) is 0. The molecule has 0 aliphatic carbocycles. The summed E-state index contributed by atoms with van der Waals surface area (Å²) in [7, 11) is 0. The van der Waals surface area contributed by atoms with Crippen LogP contribution >= 0.6 is 23.2 Å². The minimum Gasteiger partial charge on any atom is -0.207 e. The highest BCUT2D eigenvalue weighted by Gasteiger charge is 1.98. The summed E-state index contributed by atoms with van der Waals surface area (Å²) in [5.41, 5.74) is 1.82. The van der Waals surface area contributed by atoms with Gasteiger partial charge in [-0.3, -0.25) is 0 Å². The van der Waals surface area contributed by atoms with Crippen LogP contribution in [0.1, 0.15) is 11.1 Å². The van der Waals surface area contributed by atoms with Gasteiger partial charge in [0, 0.05) is 11.4 Å². The Morgan fingerprint density at radius 1 is 0.944 bits per heavy atom. The van der Waals surface area contributed by atoms with Crippen molar-refractivity contribution in [3.63, 3.8) is 0 Å². The first-order chi connectivity index (χ1) is 8.65. The molecule has 0 fully saturated rings. The van der Waals surface area contributed by atoms with Gasteiger partial charge in [0.05, 0.1) is 5.02 Å². The lowest BCUT2D eigenvalue weighted by Crippen LogP contribution is -1.80. The summed E-state index contributed by atoms with van der Waals surface area (Å²) >= 11 is 11.7. The number of rotatable bonds is 3. The van der Waals surface area contributed by atoms with Crippen LogP contribution in [0.2, 0.25) is 10.0 Å². The van der Waals surface area contributed by atoms with Crippen molar-refractivity contribution < 1.29 is 4.39 Å². The molecule has 0 N–H and O–H groups in total. The van der Waals surface area contributed by atoms with Crippen molar-refractivity contribution in [2.75, 3.05) is 0 Å². The van der Waals surface area contributed by atoms with Crippen molar-refractivity contribution >= 4 is 29.3 Å². The summed E-state index contributed by atoms with van der Waals surface area (Å²) in [4.78, 5) is 0. The molecule has 0 bridgehead atoms. The van der Waals surface area contributed by atoms with Crippen LogP contribution in [0.15, 0.2) is 48.5 Å². The molecule has 0 unspecified atom stereocenters. The molecule has 0 atom stereocenters. The Hall–Kier alpha value is -1.31. The van der Waals surface area contributed by atoms with Gasteiger partial charge in [0.2, 0.25) is 0 Å². The fourth-order valence-corrected chi connectivity index (χ4v) is 1.83. The van der Waals surface area contributed by atoms with Crippen molar-refractivity contribution in [2.45, 2.75) is 0 Å². The quantitative estimate of drug-likeness (QED) is 0.706. The molecule has 18 heavy (non-hydrogen) atoms. The molecule has 0 saturated carbocycles. The molecule has 1 radical (unpaired) electrons. The van der Waals surface area contributed by atoms with Crippen LogP contribution in [0.25, 0.3) is 6.08 Å². The van der Waals surface area contributed by atoms with E-state index in [1.807, 2.05) is 42.8 Å². The molecule has 0 aliphatic heterocycles. The lowest BCUT2D eigenvalue weighted by atomic mass is 10.1. The molecule has 0 heterocycles. The third kappa shape index (κ3) is 3.59. The SMILES string of the molecule is Fc1ccc(/C=C/[CH]c2ccc(Cl)cc2)c(Cl)c1. The number of hydrogen-bond donors (Lipinski definition) is 0. The Morgan fingerprint density at radius 3 is 2.33 bits per heavy atom. The van der Waals surface area contributed by atoms with E-state index < -0.39 is 0 Å². The first-order valence-corrected chi connectivity index (χ1v) is 6.13. The van der Waals surface area contributed by atoms with E-state index in [0.29, 0.717) is 10.0 Å². The second-order valence-corrected chi connectivity index (χ2v) is 4.59. The van der Waals surface area contributed by atoms with Crippen LogP contribution in [0, 0.1) is 12.2 Å². The molecule has 0 aliphatic rings. The minimum atomic E-state index is -0.334. The Labute approximate surface area is 116 Å². The Balaban J connectivity index is 2.05. The maximum Gasteiger partial charge on any atom is 0.124 e. The average molecular weight is 280 g/mol. The minimum absolute atomic E-state index is 0.334. The second-order valence-electron chi connectivity index (χ2n) is 3.74. The molecular weight excluding hydrogens is 270 g/mol. The zero-order valence-electron chi connectivity index (χ0n) is 9.41. The topological polar surface area (TPSA) is 0 Å². The van der Waals surface area contributed by atoms with Gasteiger partial charge in [0.15, 0.2) is 0 Å². The first kappa shape index (κ1) is 13.1. The molecule has 2 aromatic rings. The van der Waals surface area contributed by atoms with Gasteiger partial charge in [-0.25, -0.2) is 4.39 Å². The maximum absolute atomic E-state index is 12.8. The normalized spacial score (nSPS) is 11.1. The molecule has 2 aromatic carbocycles. The lowest BCUT2D eigenvalue weighted by molar-refractivity contribution is 0.628. The van der Waals surface area contributed by atoms with Crippen molar-refractivity contribution in [2.24, 2.45) is 0 Å². The van der Waals surface area contributed by atoms with Crippen LogP contribution < -0.4 is 0 Å². The molecule has 91 valence electrons. The van der Waals surface area contributed by atoms with Crippen LogP contribution in [-0.4, -0.2) is 0 Å². The third-order valence-corrected chi connectivity index (χ3v) is 2.98. The van der Waals surface area contributed by atoms with Gasteiger partial charge in [-0.1, -0.05) is 53.6 Å². The van der Waals surface area contributed by atoms with E-state index in [-0.39, 0.29) is 5.82 Å². The van der Waals surface area contributed by atoms with Gasteiger partial charge in [-0.15, -0.1) is 0 Å². The largest absolute Gasteiger partial charge is 0.207 e. The summed E-state index contributed by atoms with van der Waals surface area (Å²) in [6.07, 6.45) is 5.62. The predicted octanol–water partition coefficient (Wildman–Crippen LogP) is 5.40. The highest BCUT2D eigenvalue weighted by Crippen LogP contribution is 2.19. The van der Waals surface area contributed by atoms with E-state index in [2.05, 4.69) is 0 Å². The van der Waals surface area contributed by atoms with Gasteiger partial charge in [0.25, 0.3) is 0 Å². The highest BCUT2D eigenvalue weighted by atomic mass is 35.5. The fraction of sp³-hybridized carbons (Fsp3) is 0. The summed E-state index contributed by atoms with van der Waals surface area (Å²) in [6, 6.07) is 11.8. The zero-order valence-corrected chi connectivity index (χ0v) is 10.9. The smallest absolute Gasteiger partial charge is 0.124 e. The Bertz CT molecular complexity index is 559. The number of hydrogen-bond acceptors (Lipinski definition) is 0. The van der Waals surface area contributed by atoms with Crippen molar-refractivity contribution in [3.05, 3.63) is 82.0 Å². The van der Waals surface area contributed by atoms with E-state index in [9.17, 15) is 4.39 Å². The fourth-order valence-electron chi connectivity index (χ4n) is 1.47. The number of benzene rings is 2. The van der Waals surface area contributed by atoms with E-state index in [1.54, 1.807) is 6.07 Å². The maximum atomic E-state index is 12.8. The summed E-state index contributed by atoms with van der Waals surface area (Å²) in [5, 5.41) is 1.11. The van der Waals surface area contributed by atoms with Gasteiger partial charge in [-0.05, 0) is 35.4 Å². The van der Waals surface area contributed by atoms with E-state index in [4.69, 9.17) is 23.2 Å². The molecule has 0 amide bonds. The molecule has 0 spiro atoms. The highest BCUT2D eigenvalue weighted by molar-refractivity contribution is 6.32. The van der Waals surface area contributed by atoms with Crippen LogP contribution in [0.3, 0.4) is 0 Å². The predicted molar refractivity (Wildman–Crippen MR) is 75.3 cm³/mol. The zero-order chi connectivity index (χ0) is 13.0. The lowest BCUT2D eigenvalue weighted by Gasteiger charge is -1.99. The monoisotopic (exact) mass is 279 g/mol. The van der Waals surface area contributed by atoms with Crippen LogP contribution in [-0.2, 0) is 0 Å². The van der Waals surface area contributed by atoms with Crippen molar-refractivity contribution in [1.82, 2.24) is 0 Å². The Morgan fingerprint density at radius 2 is 1.67 bits per heavy atom. The number of halogens is 3. The molecule has 3 heteroatoms. The van der Waals surface area contributed by atoms with E-state index in [0.717, 1.165) is 11.1 Å². The van der Waals surface area contributed by atoms with E-state index >= 15 is 0 Å². The molecule has 0 saturated heterocycles. The third-order valence-electron chi connectivity index (χ3n) is 2.40. The standard InChI is InChI=1S/C15H10Cl2F/c16-13-7-4-11(5-8-13)2-1-3-12-6-9-14(18)10-15(12)17/h1-10H/b3-1+. The number of allylic oxidation sites excluding steroid dienone is 1. The molecule has 0 aromatic heterocycles. The van der Waals surface area contributed by atoms with Gasteiger partial charge >= 0.3 is 0 Å². The van der Waals surface area contributed by atoms with Gasteiger partial charge in [0.1, 0.15) is 5.82 Å². The first-order valence-electron chi connectivity index (χ1n) is 5.37. The molecular formula is C15H10Cl2F. The molecule has 2 rings (SSSR count). The van der Waals surface area contributed by atoms with E-state index in [1.165, 1.54) is 12.1 Å². The van der Waals surface area contributed by atoms with Crippen LogP contribution in [0.4, 0.5) is 4.39 Å².